The van der Waals surface area contributed by atoms with Gasteiger partial charge >= 0.3 is 5.97 Å². The molecule has 0 aromatic carbocycles. The topological polar surface area (TPSA) is 83.8 Å². The van der Waals surface area contributed by atoms with Gasteiger partial charge in [-0.1, -0.05) is 57.6 Å². The van der Waals surface area contributed by atoms with Crippen molar-refractivity contribution in [3.63, 3.8) is 0 Å². The van der Waals surface area contributed by atoms with Crippen LogP contribution in [0.25, 0.3) is 0 Å². The second-order valence-electron chi connectivity index (χ2n) is 8.54. The van der Waals surface area contributed by atoms with E-state index in [1.165, 1.54) is 7.11 Å². The molecule has 1 rings (SSSR count). The Balaban J connectivity index is 2.37. The van der Waals surface area contributed by atoms with Crippen LogP contribution in [0.15, 0.2) is 12.2 Å². The largest absolute Gasteiger partial charge is 0.469 e. The van der Waals surface area contributed by atoms with Crippen LogP contribution in [0.2, 0.25) is 0 Å². The number of rotatable bonds is 14. The lowest BCUT2D eigenvalue weighted by Crippen LogP contribution is -2.23. The molecule has 162 valence electrons. The van der Waals surface area contributed by atoms with Crippen molar-refractivity contribution in [2.75, 3.05) is 7.11 Å². The molecule has 0 unspecified atom stereocenters. The fourth-order valence-electron chi connectivity index (χ4n) is 4.00. The summed E-state index contributed by atoms with van der Waals surface area (Å²) in [6.45, 7) is 3.96. The van der Waals surface area contributed by atoms with Crippen LogP contribution in [0.4, 0.5) is 0 Å². The van der Waals surface area contributed by atoms with Gasteiger partial charge in [0.15, 0.2) is 0 Å². The molecule has 0 aliphatic heterocycles. The normalized spacial score (nSPS) is 24.6. The van der Waals surface area contributed by atoms with Crippen LogP contribution < -0.4 is 0 Å². The molecule has 0 spiro atoms. The van der Waals surface area contributed by atoms with Crippen LogP contribution in [0, 0.1) is 11.8 Å². The first kappa shape index (κ1) is 24.8. The van der Waals surface area contributed by atoms with E-state index < -0.39 is 11.7 Å². The average Bonchev–Trinajstić information content (AvgIpc) is 2.92. The van der Waals surface area contributed by atoms with Gasteiger partial charge in [-0.3, -0.25) is 9.59 Å². The molecular weight excluding hydrogens is 356 g/mol. The second kappa shape index (κ2) is 13.1. The first-order chi connectivity index (χ1) is 13.3. The predicted molar refractivity (Wildman–Crippen MR) is 111 cm³/mol. The third kappa shape index (κ3) is 9.33. The van der Waals surface area contributed by atoms with Gasteiger partial charge in [0.25, 0.3) is 0 Å². The molecule has 2 N–H and O–H groups in total. The fourth-order valence-corrected chi connectivity index (χ4v) is 4.00. The molecule has 5 heteroatoms. The third-order valence-electron chi connectivity index (χ3n) is 5.84. The molecule has 1 fully saturated rings. The molecule has 0 bridgehead atoms. The lowest BCUT2D eigenvalue weighted by molar-refractivity contribution is -0.140. The third-order valence-corrected chi connectivity index (χ3v) is 5.84. The highest BCUT2D eigenvalue weighted by atomic mass is 16.5. The van der Waals surface area contributed by atoms with E-state index in [9.17, 15) is 19.8 Å². The monoisotopic (exact) mass is 396 g/mol. The van der Waals surface area contributed by atoms with E-state index in [4.69, 9.17) is 0 Å². The van der Waals surface area contributed by atoms with Crippen molar-refractivity contribution in [1.29, 1.82) is 0 Å². The number of unbranched alkanes of at least 4 members (excludes halogenated alkanes) is 5. The molecule has 5 nitrogen and oxygen atoms in total. The number of aliphatic hydroxyl groups is 2. The highest BCUT2D eigenvalue weighted by Gasteiger charge is 2.39. The molecule has 0 saturated heterocycles. The van der Waals surface area contributed by atoms with Crippen molar-refractivity contribution < 1.29 is 24.5 Å². The van der Waals surface area contributed by atoms with Crippen LogP contribution in [-0.2, 0) is 14.3 Å². The molecular formula is C23H40O5. The van der Waals surface area contributed by atoms with E-state index in [1.54, 1.807) is 0 Å². The Labute approximate surface area is 170 Å². The number of ether oxygens (including phenoxy) is 1. The Morgan fingerprint density at radius 2 is 1.89 bits per heavy atom. The Kier molecular flexibility index (Phi) is 11.6. The van der Waals surface area contributed by atoms with Gasteiger partial charge in [0, 0.05) is 24.7 Å². The van der Waals surface area contributed by atoms with Gasteiger partial charge in [-0.15, -0.1) is 0 Å². The molecule has 0 aromatic rings. The number of ketones is 1. The summed E-state index contributed by atoms with van der Waals surface area (Å²) in [5.41, 5.74) is -0.722. The minimum atomic E-state index is -0.722. The van der Waals surface area contributed by atoms with Gasteiger partial charge in [-0.05, 0) is 32.6 Å². The van der Waals surface area contributed by atoms with Crippen molar-refractivity contribution in [2.45, 2.75) is 103 Å². The van der Waals surface area contributed by atoms with Gasteiger partial charge in [0.1, 0.15) is 5.78 Å². The van der Waals surface area contributed by atoms with Crippen LogP contribution in [0.5, 0.6) is 0 Å². The zero-order chi connectivity index (χ0) is 21.0. The summed E-state index contributed by atoms with van der Waals surface area (Å²) in [6.07, 6.45) is 13.0. The van der Waals surface area contributed by atoms with Crippen LogP contribution >= 0.6 is 0 Å². The lowest BCUT2D eigenvalue weighted by atomic mass is 9.87. The molecule has 28 heavy (non-hydrogen) atoms. The standard InChI is InChI=1S/C23H40O5/c1-4-5-15-23(2,27)16-11-13-19-18(20(24)17-21(19)25)12-9-7-6-8-10-14-22(26)28-3/h11,13,18-19,21,25,27H,4-10,12,14-17H2,1-3H3/b13-11+/t18-,19-,21-,23-/m1/s1. The molecule has 0 aromatic heterocycles. The minimum absolute atomic E-state index is 0.109. The van der Waals surface area contributed by atoms with Gasteiger partial charge in [-0.25, -0.2) is 0 Å². The zero-order valence-corrected chi connectivity index (χ0v) is 18.0. The maximum absolute atomic E-state index is 12.3. The molecule has 1 saturated carbocycles. The number of methoxy groups -OCH3 is 1. The van der Waals surface area contributed by atoms with E-state index in [-0.39, 0.29) is 30.0 Å². The van der Waals surface area contributed by atoms with Crippen molar-refractivity contribution in [1.82, 2.24) is 0 Å². The Bertz CT molecular complexity index is 497. The van der Waals surface area contributed by atoms with E-state index in [1.807, 2.05) is 19.1 Å². The highest BCUT2D eigenvalue weighted by Crippen LogP contribution is 2.34. The summed E-state index contributed by atoms with van der Waals surface area (Å²) < 4.78 is 4.63. The maximum atomic E-state index is 12.3. The van der Waals surface area contributed by atoms with E-state index >= 15 is 0 Å². The number of hydrogen-bond donors (Lipinski definition) is 2. The second-order valence-corrected chi connectivity index (χ2v) is 8.54. The van der Waals surface area contributed by atoms with Crippen LogP contribution in [0.1, 0.15) is 90.9 Å². The Hall–Kier alpha value is -1.20. The summed E-state index contributed by atoms with van der Waals surface area (Å²) in [5.74, 6) is -0.241. The van der Waals surface area contributed by atoms with Gasteiger partial charge in [0.2, 0.25) is 0 Å². The smallest absolute Gasteiger partial charge is 0.305 e. The fraction of sp³-hybridized carbons (Fsp3) is 0.826. The molecule has 0 radical (unpaired) electrons. The summed E-state index contributed by atoms with van der Waals surface area (Å²) in [5, 5.41) is 20.7. The molecule has 4 atom stereocenters. The number of hydrogen-bond acceptors (Lipinski definition) is 5. The quantitative estimate of drug-likeness (QED) is 0.259. The number of esters is 1. The maximum Gasteiger partial charge on any atom is 0.305 e. The van der Waals surface area contributed by atoms with Crippen molar-refractivity contribution >= 4 is 11.8 Å². The van der Waals surface area contributed by atoms with E-state index in [0.29, 0.717) is 12.8 Å². The summed E-state index contributed by atoms with van der Waals surface area (Å²) in [6, 6.07) is 0. The molecule has 1 aliphatic carbocycles. The van der Waals surface area contributed by atoms with Crippen molar-refractivity contribution in [2.24, 2.45) is 11.8 Å². The minimum Gasteiger partial charge on any atom is -0.469 e. The first-order valence-electron chi connectivity index (χ1n) is 11.0. The number of Topliss-reactive ketones (excluding diaryl/α,β-unsaturated/α-hetero) is 1. The first-order valence-corrected chi connectivity index (χ1v) is 11.0. The summed E-state index contributed by atoms with van der Waals surface area (Å²) in [7, 11) is 1.41. The highest BCUT2D eigenvalue weighted by molar-refractivity contribution is 5.84. The predicted octanol–water partition coefficient (Wildman–Crippen LogP) is 4.34. The number of aliphatic hydroxyl groups excluding tert-OH is 1. The molecule has 0 amide bonds. The van der Waals surface area contributed by atoms with Gasteiger partial charge < -0.3 is 14.9 Å². The van der Waals surface area contributed by atoms with E-state index in [2.05, 4.69) is 11.7 Å². The lowest BCUT2D eigenvalue weighted by Gasteiger charge is -2.22. The Morgan fingerprint density at radius 1 is 1.21 bits per heavy atom. The zero-order valence-electron chi connectivity index (χ0n) is 18.0. The Morgan fingerprint density at radius 3 is 2.57 bits per heavy atom. The summed E-state index contributed by atoms with van der Waals surface area (Å²) >= 11 is 0. The van der Waals surface area contributed by atoms with Gasteiger partial charge in [-0.2, -0.15) is 0 Å². The summed E-state index contributed by atoms with van der Waals surface area (Å²) in [4.78, 5) is 23.3. The molecule has 0 heterocycles. The van der Waals surface area contributed by atoms with Crippen LogP contribution in [-0.4, -0.2) is 40.8 Å². The van der Waals surface area contributed by atoms with E-state index in [0.717, 1.165) is 57.8 Å². The SMILES string of the molecule is CCCC[C@@](C)(O)C/C=C/[C@H]1[C@H](O)CC(=O)[C@@H]1CCCCCCCC(=O)OC. The van der Waals surface area contributed by atoms with Gasteiger partial charge in [0.05, 0.1) is 18.8 Å². The molecule has 1 aliphatic rings. The van der Waals surface area contributed by atoms with Crippen molar-refractivity contribution in [3.05, 3.63) is 12.2 Å². The number of carbonyl (C=O) groups is 2. The average molecular weight is 397 g/mol. The number of carbonyl (C=O) groups excluding carboxylic acids is 2. The van der Waals surface area contributed by atoms with Crippen LogP contribution in [0.3, 0.4) is 0 Å². The van der Waals surface area contributed by atoms with Crippen molar-refractivity contribution in [3.8, 4) is 0 Å².